The summed E-state index contributed by atoms with van der Waals surface area (Å²) in [6, 6.07) is 0.807. The van der Waals surface area contributed by atoms with Crippen molar-refractivity contribution in [3.8, 4) is 0 Å². The first-order chi connectivity index (χ1) is 6.40. The molecule has 0 amide bonds. The van der Waals surface area contributed by atoms with Gasteiger partial charge in [0, 0.05) is 26.2 Å². The second kappa shape index (κ2) is 4.40. The molecule has 3 heteroatoms. The van der Waals surface area contributed by atoms with Crippen LogP contribution < -0.4 is 5.32 Å². The van der Waals surface area contributed by atoms with Gasteiger partial charge in [0.2, 0.25) is 0 Å². The third kappa shape index (κ3) is 2.22. The molecule has 0 saturated carbocycles. The van der Waals surface area contributed by atoms with Crippen LogP contribution in [0.3, 0.4) is 0 Å². The van der Waals surface area contributed by atoms with Gasteiger partial charge in [0.1, 0.15) is 0 Å². The summed E-state index contributed by atoms with van der Waals surface area (Å²) < 4.78 is 5.19. The van der Waals surface area contributed by atoms with Gasteiger partial charge >= 0.3 is 0 Å². The molecule has 0 aliphatic carbocycles. The lowest BCUT2D eigenvalue weighted by Crippen LogP contribution is -2.35. The Morgan fingerprint density at radius 2 is 2.38 bits per heavy atom. The van der Waals surface area contributed by atoms with Gasteiger partial charge in [-0.05, 0) is 31.8 Å². The van der Waals surface area contributed by atoms with Gasteiger partial charge in [0.05, 0.1) is 6.61 Å². The van der Waals surface area contributed by atoms with E-state index in [-0.39, 0.29) is 0 Å². The summed E-state index contributed by atoms with van der Waals surface area (Å²) in [5.41, 5.74) is 0. The molecule has 3 nitrogen and oxygen atoms in total. The number of rotatable bonds is 3. The monoisotopic (exact) mass is 184 g/mol. The molecule has 2 heterocycles. The molecule has 2 rings (SSSR count). The third-order valence-electron chi connectivity index (χ3n) is 3.27. The minimum atomic E-state index is 0.783. The van der Waals surface area contributed by atoms with E-state index in [0.29, 0.717) is 0 Å². The van der Waals surface area contributed by atoms with Crippen molar-refractivity contribution in [3.63, 3.8) is 0 Å². The van der Waals surface area contributed by atoms with Crippen LogP contribution in [-0.2, 0) is 4.74 Å². The summed E-state index contributed by atoms with van der Waals surface area (Å²) in [5, 5.41) is 3.42. The average molecular weight is 184 g/mol. The van der Waals surface area contributed by atoms with E-state index in [1.165, 1.54) is 39.0 Å². The van der Waals surface area contributed by atoms with Crippen molar-refractivity contribution in [1.82, 2.24) is 10.2 Å². The molecule has 0 bridgehead atoms. The second-order valence-corrected chi connectivity index (χ2v) is 4.25. The van der Waals surface area contributed by atoms with Gasteiger partial charge in [-0.15, -0.1) is 0 Å². The molecule has 0 aromatic carbocycles. The Kier molecular flexibility index (Phi) is 3.19. The van der Waals surface area contributed by atoms with E-state index in [1.807, 2.05) is 0 Å². The van der Waals surface area contributed by atoms with Crippen LogP contribution in [0.25, 0.3) is 0 Å². The molecule has 0 spiro atoms. The van der Waals surface area contributed by atoms with E-state index in [2.05, 4.69) is 10.2 Å². The normalized spacial score (nSPS) is 35.8. The fraction of sp³-hybridized carbons (Fsp3) is 1.00. The highest BCUT2D eigenvalue weighted by Gasteiger charge is 2.29. The predicted molar refractivity (Wildman–Crippen MR) is 52.8 cm³/mol. The smallest absolute Gasteiger partial charge is 0.0503 e. The molecule has 0 aromatic rings. The first-order valence-electron chi connectivity index (χ1n) is 5.34. The van der Waals surface area contributed by atoms with Gasteiger partial charge < -0.3 is 10.1 Å². The topological polar surface area (TPSA) is 24.5 Å². The highest BCUT2D eigenvalue weighted by molar-refractivity contribution is 4.86. The number of nitrogens with zero attached hydrogens (tertiary/aromatic N) is 1. The Morgan fingerprint density at radius 1 is 1.46 bits per heavy atom. The summed E-state index contributed by atoms with van der Waals surface area (Å²) in [7, 11) is 1.81. The fourth-order valence-corrected chi connectivity index (χ4v) is 2.52. The zero-order valence-corrected chi connectivity index (χ0v) is 8.46. The Hall–Kier alpha value is -0.120. The average Bonchev–Trinajstić information content (AvgIpc) is 2.70. The van der Waals surface area contributed by atoms with Crippen LogP contribution >= 0.6 is 0 Å². The summed E-state index contributed by atoms with van der Waals surface area (Å²) >= 11 is 0. The van der Waals surface area contributed by atoms with Crippen LogP contribution in [0.4, 0.5) is 0 Å². The van der Waals surface area contributed by atoms with E-state index in [4.69, 9.17) is 4.74 Å². The number of hydrogen-bond donors (Lipinski definition) is 1. The predicted octanol–water partition coefficient (Wildman–Crippen LogP) is 0.317. The van der Waals surface area contributed by atoms with Crippen molar-refractivity contribution in [2.45, 2.75) is 18.9 Å². The molecule has 2 unspecified atom stereocenters. The number of nitrogens with one attached hydrogen (secondary N) is 1. The Morgan fingerprint density at radius 3 is 3.08 bits per heavy atom. The van der Waals surface area contributed by atoms with Crippen molar-refractivity contribution in [1.29, 1.82) is 0 Å². The number of methoxy groups -OCH3 is 1. The van der Waals surface area contributed by atoms with Crippen molar-refractivity contribution in [2.75, 3.05) is 39.9 Å². The summed E-state index contributed by atoms with van der Waals surface area (Å²) in [6.45, 7) is 5.87. The summed E-state index contributed by atoms with van der Waals surface area (Å²) in [4.78, 5) is 2.63. The molecule has 76 valence electrons. The molecular weight excluding hydrogens is 164 g/mol. The molecule has 2 aliphatic heterocycles. The van der Waals surface area contributed by atoms with Crippen LogP contribution in [0.2, 0.25) is 0 Å². The fourth-order valence-electron chi connectivity index (χ4n) is 2.52. The van der Waals surface area contributed by atoms with Crippen LogP contribution in [0, 0.1) is 5.92 Å². The first-order valence-corrected chi connectivity index (χ1v) is 5.34. The molecule has 0 radical (unpaired) electrons. The van der Waals surface area contributed by atoms with E-state index in [0.717, 1.165) is 18.6 Å². The maximum atomic E-state index is 5.19. The Labute approximate surface area is 80.4 Å². The summed E-state index contributed by atoms with van der Waals surface area (Å²) in [6.07, 6.45) is 2.66. The van der Waals surface area contributed by atoms with Gasteiger partial charge in [-0.25, -0.2) is 0 Å². The third-order valence-corrected chi connectivity index (χ3v) is 3.27. The second-order valence-electron chi connectivity index (χ2n) is 4.25. The lowest BCUT2D eigenvalue weighted by Gasteiger charge is -2.22. The van der Waals surface area contributed by atoms with Gasteiger partial charge in [-0.3, -0.25) is 4.90 Å². The SMILES string of the molecule is COCC1CCN(C2CCNC2)C1. The van der Waals surface area contributed by atoms with Crippen LogP contribution in [0.5, 0.6) is 0 Å². The van der Waals surface area contributed by atoms with Gasteiger partial charge in [0.15, 0.2) is 0 Å². The zero-order chi connectivity index (χ0) is 9.10. The zero-order valence-electron chi connectivity index (χ0n) is 8.46. The lowest BCUT2D eigenvalue weighted by atomic mass is 10.1. The molecule has 2 atom stereocenters. The van der Waals surface area contributed by atoms with E-state index in [9.17, 15) is 0 Å². The van der Waals surface area contributed by atoms with Gasteiger partial charge in [0.25, 0.3) is 0 Å². The molecule has 2 saturated heterocycles. The van der Waals surface area contributed by atoms with Crippen LogP contribution in [-0.4, -0.2) is 50.8 Å². The minimum absolute atomic E-state index is 0.783. The Balaban J connectivity index is 1.76. The van der Waals surface area contributed by atoms with Crippen molar-refractivity contribution in [3.05, 3.63) is 0 Å². The number of hydrogen-bond acceptors (Lipinski definition) is 3. The molecule has 13 heavy (non-hydrogen) atoms. The molecule has 0 aromatic heterocycles. The standard InChI is InChI=1S/C10H20N2O/c1-13-8-9-3-5-12(7-9)10-2-4-11-6-10/h9-11H,2-8H2,1H3. The molecule has 2 aliphatic rings. The summed E-state index contributed by atoms with van der Waals surface area (Å²) in [5.74, 6) is 0.783. The quantitative estimate of drug-likeness (QED) is 0.683. The highest BCUT2D eigenvalue weighted by atomic mass is 16.5. The van der Waals surface area contributed by atoms with Crippen molar-refractivity contribution in [2.24, 2.45) is 5.92 Å². The van der Waals surface area contributed by atoms with E-state index >= 15 is 0 Å². The number of ether oxygens (including phenoxy) is 1. The van der Waals surface area contributed by atoms with E-state index in [1.54, 1.807) is 7.11 Å². The van der Waals surface area contributed by atoms with Gasteiger partial charge in [-0.2, -0.15) is 0 Å². The van der Waals surface area contributed by atoms with Crippen LogP contribution in [0.1, 0.15) is 12.8 Å². The van der Waals surface area contributed by atoms with Crippen molar-refractivity contribution >= 4 is 0 Å². The number of likely N-dealkylation sites (tertiary alicyclic amines) is 1. The Bertz CT molecular complexity index is 157. The van der Waals surface area contributed by atoms with E-state index < -0.39 is 0 Å². The molecule has 2 fully saturated rings. The van der Waals surface area contributed by atoms with Crippen LogP contribution in [0.15, 0.2) is 0 Å². The molecule has 1 N–H and O–H groups in total. The highest BCUT2D eigenvalue weighted by Crippen LogP contribution is 2.21. The largest absolute Gasteiger partial charge is 0.384 e. The lowest BCUT2D eigenvalue weighted by molar-refractivity contribution is 0.148. The maximum absolute atomic E-state index is 5.19. The first kappa shape index (κ1) is 9.44. The van der Waals surface area contributed by atoms with Gasteiger partial charge in [-0.1, -0.05) is 0 Å². The minimum Gasteiger partial charge on any atom is -0.384 e. The molecular formula is C10H20N2O. The maximum Gasteiger partial charge on any atom is 0.0503 e. The van der Waals surface area contributed by atoms with Crippen molar-refractivity contribution < 1.29 is 4.74 Å².